The van der Waals surface area contributed by atoms with Gasteiger partial charge in [0, 0.05) is 19.7 Å². The highest BCUT2D eigenvalue weighted by molar-refractivity contribution is 4.66. The Bertz CT molecular complexity index is 104. The normalized spacial score (nSPS) is 24.2. The van der Waals surface area contributed by atoms with E-state index in [4.69, 9.17) is 14.6 Å². The van der Waals surface area contributed by atoms with E-state index in [1.54, 1.807) is 0 Å². The average molecular weight is 175 g/mol. The zero-order chi connectivity index (χ0) is 8.65. The van der Waals surface area contributed by atoms with Crippen LogP contribution >= 0.6 is 0 Å². The Hall–Kier alpha value is -0.160. The molecule has 1 aliphatic rings. The second-order valence-corrected chi connectivity index (χ2v) is 2.82. The molecule has 4 nitrogen and oxygen atoms in total. The van der Waals surface area contributed by atoms with Crippen molar-refractivity contribution in [3.8, 4) is 0 Å². The summed E-state index contributed by atoms with van der Waals surface area (Å²) in [6.07, 6.45) is 1.20. The van der Waals surface area contributed by atoms with Gasteiger partial charge in [-0.05, 0) is 6.42 Å². The van der Waals surface area contributed by atoms with Crippen LogP contribution in [0.1, 0.15) is 6.42 Å². The third kappa shape index (κ3) is 4.01. The van der Waals surface area contributed by atoms with Crippen LogP contribution in [0.4, 0.5) is 0 Å². The Morgan fingerprint density at radius 1 is 1.50 bits per heavy atom. The Morgan fingerprint density at radius 3 is 3.08 bits per heavy atom. The summed E-state index contributed by atoms with van der Waals surface area (Å²) in [7, 11) is 0. The molecule has 12 heavy (non-hydrogen) atoms. The molecule has 0 saturated carbocycles. The second kappa shape index (κ2) is 6.37. The molecule has 72 valence electrons. The fourth-order valence-electron chi connectivity index (χ4n) is 1.19. The standard InChI is InChI=1S/C8H17NO3/c10-3-6-11-4-1-8-7-9-2-5-12-8/h8-10H,1-7H2. The van der Waals surface area contributed by atoms with Crippen LogP contribution in [-0.2, 0) is 9.47 Å². The first-order chi connectivity index (χ1) is 5.93. The number of hydrogen-bond acceptors (Lipinski definition) is 4. The summed E-state index contributed by atoms with van der Waals surface area (Å²) in [5.74, 6) is 0. The molecule has 0 bridgehead atoms. The van der Waals surface area contributed by atoms with Gasteiger partial charge in [0.15, 0.2) is 0 Å². The Balaban J connectivity index is 1.91. The molecule has 0 spiro atoms. The monoisotopic (exact) mass is 175 g/mol. The fourth-order valence-corrected chi connectivity index (χ4v) is 1.19. The molecule has 1 fully saturated rings. The minimum Gasteiger partial charge on any atom is -0.394 e. The largest absolute Gasteiger partial charge is 0.394 e. The van der Waals surface area contributed by atoms with Crippen LogP contribution in [0.25, 0.3) is 0 Å². The number of morpholine rings is 1. The number of hydrogen-bond donors (Lipinski definition) is 2. The maximum absolute atomic E-state index is 8.43. The zero-order valence-corrected chi connectivity index (χ0v) is 7.29. The lowest BCUT2D eigenvalue weighted by Crippen LogP contribution is -2.39. The van der Waals surface area contributed by atoms with Gasteiger partial charge >= 0.3 is 0 Å². The van der Waals surface area contributed by atoms with E-state index in [-0.39, 0.29) is 12.7 Å². The Morgan fingerprint density at radius 2 is 2.42 bits per heavy atom. The number of aliphatic hydroxyl groups excluding tert-OH is 1. The Kier molecular flexibility index (Phi) is 5.27. The highest BCUT2D eigenvalue weighted by Crippen LogP contribution is 2.00. The van der Waals surface area contributed by atoms with E-state index in [1.165, 1.54) is 0 Å². The van der Waals surface area contributed by atoms with Crippen LogP contribution < -0.4 is 5.32 Å². The zero-order valence-electron chi connectivity index (χ0n) is 7.29. The van der Waals surface area contributed by atoms with Crippen molar-refractivity contribution in [3.63, 3.8) is 0 Å². The molecule has 0 amide bonds. The van der Waals surface area contributed by atoms with Crippen LogP contribution in [0, 0.1) is 0 Å². The molecule has 1 saturated heterocycles. The summed E-state index contributed by atoms with van der Waals surface area (Å²) < 4.78 is 10.6. The lowest BCUT2D eigenvalue weighted by Gasteiger charge is -2.23. The molecular formula is C8H17NO3. The molecule has 0 aromatic rings. The highest BCUT2D eigenvalue weighted by Gasteiger charge is 2.12. The topological polar surface area (TPSA) is 50.7 Å². The quantitative estimate of drug-likeness (QED) is 0.546. The summed E-state index contributed by atoms with van der Waals surface area (Å²) in [4.78, 5) is 0. The lowest BCUT2D eigenvalue weighted by atomic mass is 10.2. The molecule has 1 aliphatic heterocycles. The number of nitrogens with one attached hydrogen (secondary N) is 1. The van der Waals surface area contributed by atoms with Gasteiger partial charge < -0.3 is 19.9 Å². The van der Waals surface area contributed by atoms with E-state index in [1.807, 2.05) is 0 Å². The van der Waals surface area contributed by atoms with Crippen LogP contribution in [0.2, 0.25) is 0 Å². The van der Waals surface area contributed by atoms with Crippen molar-refractivity contribution in [2.75, 3.05) is 39.5 Å². The summed E-state index contributed by atoms with van der Waals surface area (Å²) in [5.41, 5.74) is 0. The number of ether oxygens (including phenoxy) is 2. The molecule has 1 rings (SSSR count). The molecule has 0 radical (unpaired) electrons. The highest BCUT2D eigenvalue weighted by atomic mass is 16.5. The van der Waals surface area contributed by atoms with Crippen LogP contribution in [0.15, 0.2) is 0 Å². The summed E-state index contributed by atoms with van der Waals surface area (Å²) >= 11 is 0. The number of aliphatic hydroxyl groups is 1. The third-order valence-electron chi connectivity index (χ3n) is 1.82. The van der Waals surface area contributed by atoms with Crippen molar-refractivity contribution in [2.45, 2.75) is 12.5 Å². The van der Waals surface area contributed by atoms with Crippen LogP contribution in [0.5, 0.6) is 0 Å². The second-order valence-electron chi connectivity index (χ2n) is 2.82. The molecule has 2 N–H and O–H groups in total. The van der Waals surface area contributed by atoms with Gasteiger partial charge in [-0.1, -0.05) is 0 Å². The van der Waals surface area contributed by atoms with Crippen molar-refractivity contribution in [1.29, 1.82) is 0 Å². The fraction of sp³-hybridized carbons (Fsp3) is 1.00. The first-order valence-corrected chi connectivity index (χ1v) is 4.44. The van der Waals surface area contributed by atoms with Crippen LogP contribution in [-0.4, -0.2) is 50.7 Å². The van der Waals surface area contributed by atoms with Crippen molar-refractivity contribution >= 4 is 0 Å². The van der Waals surface area contributed by atoms with Gasteiger partial charge in [0.2, 0.25) is 0 Å². The first kappa shape index (κ1) is 9.92. The maximum atomic E-state index is 8.43. The molecule has 0 aliphatic carbocycles. The van der Waals surface area contributed by atoms with Gasteiger partial charge in [0.25, 0.3) is 0 Å². The molecule has 1 unspecified atom stereocenters. The van der Waals surface area contributed by atoms with Gasteiger partial charge in [-0.15, -0.1) is 0 Å². The predicted molar refractivity (Wildman–Crippen MR) is 45.1 cm³/mol. The molecule has 1 atom stereocenters. The van der Waals surface area contributed by atoms with E-state index in [2.05, 4.69) is 5.32 Å². The molecule has 1 heterocycles. The van der Waals surface area contributed by atoms with Gasteiger partial charge in [0.05, 0.1) is 25.9 Å². The van der Waals surface area contributed by atoms with Gasteiger partial charge in [0.1, 0.15) is 0 Å². The van der Waals surface area contributed by atoms with Gasteiger partial charge in [-0.2, -0.15) is 0 Å². The van der Waals surface area contributed by atoms with Crippen molar-refractivity contribution in [3.05, 3.63) is 0 Å². The number of rotatable bonds is 5. The summed E-state index contributed by atoms with van der Waals surface area (Å²) in [5, 5.41) is 11.7. The molecule has 0 aromatic heterocycles. The van der Waals surface area contributed by atoms with Crippen molar-refractivity contribution in [2.24, 2.45) is 0 Å². The SMILES string of the molecule is OCCOCCC1CNCCO1. The minimum absolute atomic E-state index is 0.101. The molecular weight excluding hydrogens is 158 g/mol. The van der Waals surface area contributed by atoms with E-state index in [0.29, 0.717) is 13.2 Å². The molecule has 4 heteroatoms. The smallest absolute Gasteiger partial charge is 0.0722 e. The lowest BCUT2D eigenvalue weighted by molar-refractivity contribution is -0.00110. The molecule has 0 aromatic carbocycles. The van der Waals surface area contributed by atoms with Crippen LogP contribution in [0.3, 0.4) is 0 Å². The van der Waals surface area contributed by atoms with E-state index >= 15 is 0 Å². The van der Waals surface area contributed by atoms with E-state index in [9.17, 15) is 0 Å². The Labute approximate surface area is 72.9 Å². The third-order valence-corrected chi connectivity index (χ3v) is 1.82. The maximum Gasteiger partial charge on any atom is 0.0722 e. The minimum atomic E-state index is 0.101. The van der Waals surface area contributed by atoms with E-state index < -0.39 is 0 Å². The summed E-state index contributed by atoms with van der Waals surface area (Å²) in [6, 6.07) is 0. The average Bonchev–Trinajstić information content (AvgIpc) is 2.14. The predicted octanol–water partition coefficient (Wildman–Crippen LogP) is -0.626. The van der Waals surface area contributed by atoms with Gasteiger partial charge in [-0.25, -0.2) is 0 Å². The van der Waals surface area contributed by atoms with Gasteiger partial charge in [-0.3, -0.25) is 0 Å². The summed E-state index contributed by atoms with van der Waals surface area (Å²) in [6.45, 7) is 3.87. The van der Waals surface area contributed by atoms with Crippen molar-refractivity contribution in [1.82, 2.24) is 5.32 Å². The van der Waals surface area contributed by atoms with Crippen molar-refractivity contribution < 1.29 is 14.6 Å². The first-order valence-electron chi connectivity index (χ1n) is 4.44. The van der Waals surface area contributed by atoms with E-state index in [0.717, 1.165) is 26.1 Å².